The number of benzene rings is 2. The van der Waals surface area contributed by atoms with Crippen molar-refractivity contribution in [2.45, 2.75) is 33.1 Å². The monoisotopic (exact) mass is 501 g/mol. The van der Waals surface area contributed by atoms with E-state index in [-0.39, 0.29) is 11.8 Å². The zero-order chi connectivity index (χ0) is 22.9. The van der Waals surface area contributed by atoms with E-state index in [4.69, 9.17) is 4.74 Å². The number of amides is 2. The van der Waals surface area contributed by atoms with Gasteiger partial charge in [0.2, 0.25) is 0 Å². The van der Waals surface area contributed by atoms with Gasteiger partial charge in [-0.05, 0) is 68.5 Å². The summed E-state index contributed by atoms with van der Waals surface area (Å²) in [5.41, 5.74) is 2.65. The average Bonchev–Trinajstić information content (AvgIpc) is 2.79. The van der Waals surface area contributed by atoms with Gasteiger partial charge in [-0.3, -0.25) is 9.59 Å². The van der Waals surface area contributed by atoms with Crippen LogP contribution in [0.15, 0.2) is 46.9 Å². The molecule has 0 aliphatic carbocycles. The van der Waals surface area contributed by atoms with Crippen LogP contribution in [-0.2, 0) is 4.74 Å². The van der Waals surface area contributed by atoms with E-state index in [1.165, 1.54) is 0 Å². The Hall–Kier alpha value is -2.38. The lowest BCUT2D eigenvalue weighted by Crippen LogP contribution is -2.35. The molecule has 2 aromatic rings. The summed E-state index contributed by atoms with van der Waals surface area (Å²) >= 11 is 3.40. The Morgan fingerprint density at radius 1 is 1.12 bits per heavy atom. The first-order chi connectivity index (χ1) is 15.5. The summed E-state index contributed by atoms with van der Waals surface area (Å²) in [7, 11) is 0. The van der Waals surface area contributed by atoms with Gasteiger partial charge in [-0.15, -0.1) is 0 Å². The summed E-state index contributed by atoms with van der Waals surface area (Å²) in [6.45, 7) is 7.92. The Morgan fingerprint density at radius 2 is 1.91 bits per heavy atom. The van der Waals surface area contributed by atoms with Gasteiger partial charge in [0.15, 0.2) is 0 Å². The van der Waals surface area contributed by atoms with Gasteiger partial charge < -0.3 is 20.3 Å². The Balaban J connectivity index is 1.78. The number of hydrogen-bond donors (Lipinski definition) is 2. The van der Waals surface area contributed by atoms with Gasteiger partial charge in [0.1, 0.15) is 0 Å². The van der Waals surface area contributed by atoms with Crippen LogP contribution in [0.4, 0.5) is 11.4 Å². The molecule has 0 aromatic heterocycles. The lowest BCUT2D eigenvalue weighted by Gasteiger charge is -2.33. The smallest absolute Gasteiger partial charge is 0.255 e. The molecule has 2 aromatic carbocycles. The van der Waals surface area contributed by atoms with Crippen molar-refractivity contribution in [3.8, 4) is 0 Å². The van der Waals surface area contributed by atoms with Crippen molar-refractivity contribution in [1.82, 2.24) is 5.32 Å². The molecule has 1 heterocycles. The number of carbonyl (C=O) groups is 2. The van der Waals surface area contributed by atoms with E-state index in [1.54, 1.807) is 18.2 Å². The highest BCUT2D eigenvalue weighted by Crippen LogP contribution is 2.29. The van der Waals surface area contributed by atoms with Crippen LogP contribution in [0.5, 0.6) is 0 Å². The van der Waals surface area contributed by atoms with Crippen LogP contribution < -0.4 is 15.5 Å². The van der Waals surface area contributed by atoms with E-state index in [9.17, 15) is 9.59 Å². The molecule has 0 spiro atoms. The summed E-state index contributed by atoms with van der Waals surface area (Å²) in [5, 5.41) is 5.92. The maximum absolute atomic E-state index is 13.1. The summed E-state index contributed by atoms with van der Waals surface area (Å²) in [6, 6.07) is 12.8. The predicted molar refractivity (Wildman–Crippen MR) is 133 cm³/mol. The summed E-state index contributed by atoms with van der Waals surface area (Å²) in [4.78, 5) is 28.0. The first-order valence-corrected chi connectivity index (χ1v) is 12.1. The molecule has 1 aliphatic rings. The van der Waals surface area contributed by atoms with E-state index in [1.807, 2.05) is 31.2 Å². The Labute approximate surface area is 198 Å². The minimum Gasteiger partial charge on any atom is -0.382 e. The largest absolute Gasteiger partial charge is 0.382 e. The van der Waals surface area contributed by atoms with Crippen LogP contribution in [0.1, 0.15) is 53.8 Å². The molecule has 172 valence electrons. The zero-order valence-corrected chi connectivity index (χ0v) is 20.4. The predicted octanol–water partition coefficient (Wildman–Crippen LogP) is 5.09. The summed E-state index contributed by atoms with van der Waals surface area (Å²) < 4.78 is 6.19. The molecule has 2 amide bonds. The van der Waals surface area contributed by atoms with Crippen molar-refractivity contribution < 1.29 is 14.3 Å². The third-order valence-electron chi connectivity index (χ3n) is 5.67. The van der Waals surface area contributed by atoms with E-state index < -0.39 is 0 Å². The standard InChI is InChI=1S/C25H32BrN3O3/c1-3-32-15-5-12-27-25(31)22-17-21(28-24(30)19-6-4-7-20(26)16-19)8-9-23(22)29-13-10-18(2)11-14-29/h4,6-9,16-18H,3,5,10-15H2,1-2H3,(H,27,31)(H,28,30). The minimum absolute atomic E-state index is 0.131. The zero-order valence-electron chi connectivity index (χ0n) is 18.8. The lowest BCUT2D eigenvalue weighted by molar-refractivity contribution is 0.0943. The van der Waals surface area contributed by atoms with Crippen molar-refractivity contribution in [3.63, 3.8) is 0 Å². The number of hydrogen-bond acceptors (Lipinski definition) is 4. The molecule has 0 saturated carbocycles. The maximum Gasteiger partial charge on any atom is 0.255 e. The molecule has 0 atom stereocenters. The number of ether oxygens (including phenoxy) is 1. The molecular weight excluding hydrogens is 470 g/mol. The SMILES string of the molecule is CCOCCCNC(=O)c1cc(NC(=O)c2cccc(Br)c2)ccc1N1CCC(C)CC1. The van der Waals surface area contributed by atoms with Crippen LogP contribution in [-0.4, -0.2) is 44.7 Å². The summed E-state index contributed by atoms with van der Waals surface area (Å²) in [5.74, 6) is 0.355. The average molecular weight is 502 g/mol. The topological polar surface area (TPSA) is 70.7 Å². The number of nitrogens with one attached hydrogen (secondary N) is 2. The third-order valence-corrected chi connectivity index (χ3v) is 6.16. The first kappa shape index (κ1) is 24.3. The number of carbonyl (C=O) groups excluding carboxylic acids is 2. The Kier molecular flexibility index (Phi) is 9.11. The Morgan fingerprint density at radius 3 is 2.62 bits per heavy atom. The van der Waals surface area contributed by atoms with Gasteiger partial charge in [-0.2, -0.15) is 0 Å². The highest BCUT2D eigenvalue weighted by atomic mass is 79.9. The minimum atomic E-state index is -0.214. The number of halogens is 1. The van der Waals surface area contributed by atoms with Gasteiger partial charge in [0, 0.05) is 54.3 Å². The van der Waals surface area contributed by atoms with E-state index in [0.29, 0.717) is 42.5 Å². The molecule has 7 heteroatoms. The molecular formula is C25H32BrN3O3. The normalized spacial score (nSPS) is 14.3. The molecule has 0 bridgehead atoms. The molecule has 3 rings (SSSR count). The number of anilines is 2. The highest BCUT2D eigenvalue weighted by Gasteiger charge is 2.22. The number of nitrogens with zero attached hydrogens (tertiary/aromatic N) is 1. The quantitative estimate of drug-likeness (QED) is 0.469. The van der Waals surface area contributed by atoms with Crippen LogP contribution in [0.3, 0.4) is 0 Å². The van der Waals surface area contributed by atoms with Gasteiger partial charge in [0.05, 0.1) is 5.56 Å². The van der Waals surface area contributed by atoms with E-state index in [0.717, 1.165) is 42.5 Å². The molecule has 0 unspecified atom stereocenters. The molecule has 0 radical (unpaired) electrons. The van der Waals surface area contributed by atoms with Crippen molar-refractivity contribution in [3.05, 3.63) is 58.1 Å². The van der Waals surface area contributed by atoms with E-state index in [2.05, 4.69) is 38.4 Å². The summed E-state index contributed by atoms with van der Waals surface area (Å²) in [6.07, 6.45) is 2.98. The molecule has 1 aliphatic heterocycles. The second kappa shape index (κ2) is 12.0. The molecule has 32 heavy (non-hydrogen) atoms. The Bertz CT molecular complexity index is 926. The third kappa shape index (κ3) is 6.81. The van der Waals surface area contributed by atoms with Crippen LogP contribution >= 0.6 is 15.9 Å². The van der Waals surface area contributed by atoms with Crippen LogP contribution in [0.25, 0.3) is 0 Å². The van der Waals surface area contributed by atoms with Gasteiger partial charge >= 0.3 is 0 Å². The highest BCUT2D eigenvalue weighted by molar-refractivity contribution is 9.10. The van der Waals surface area contributed by atoms with Crippen molar-refractivity contribution >= 4 is 39.1 Å². The van der Waals surface area contributed by atoms with Crippen LogP contribution in [0.2, 0.25) is 0 Å². The van der Waals surface area contributed by atoms with Gasteiger partial charge in [0.25, 0.3) is 11.8 Å². The number of rotatable bonds is 9. The molecule has 1 saturated heterocycles. The van der Waals surface area contributed by atoms with Crippen molar-refractivity contribution in [2.75, 3.05) is 43.1 Å². The fourth-order valence-electron chi connectivity index (χ4n) is 3.77. The molecule has 6 nitrogen and oxygen atoms in total. The van der Waals surface area contributed by atoms with Crippen LogP contribution in [0, 0.1) is 5.92 Å². The fraction of sp³-hybridized carbons (Fsp3) is 0.440. The van der Waals surface area contributed by atoms with Crippen molar-refractivity contribution in [1.29, 1.82) is 0 Å². The molecule has 2 N–H and O–H groups in total. The van der Waals surface area contributed by atoms with E-state index >= 15 is 0 Å². The first-order valence-electron chi connectivity index (χ1n) is 11.3. The second-order valence-electron chi connectivity index (χ2n) is 8.17. The van der Waals surface area contributed by atoms with Crippen molar-refractivity contribution in [2.24, 2.45) is 5.92 Å². The van der Waals surface area contributed by atoms with Gasteiger partial charge in [-0.25, -0.2) is 0 Å². The lowest BCUT2D eigenvalue weighted by atomic mass is 9.97. The second-order valence-corrected chi connectivity index (χ2v) is 9.09. The molecule has 1 fully saturated rings. The van der Waals surface area contributed by atoms with Gasteiger partial charge in [-0.1, -0.05) is 28.9 Å². The number of piperidine rings is 1. The maximum atomic E-state index is 13.1. The fourth-order valence-corrected chi connectivity index (χ4v) is 4.17.